The van der Waals surface area contributed by atoms with Gasteiger partial charge in [0, 0.05) is 0 Å². The Kier molecular flexibility index (Phi) is 6.08. The molecule has 0 aliphatic heterocycles. The van der Waals surface area contributed by atoms with Crippen molar-refractivity contribution in [1.29, 1.82) is 0 Å². The minimum Gasteiger partial charge on any atom is -0.393 e. The SMILES string of the molecule is CC(C)[C@@H](C)/C=C/[C@@H](C)[C@H]1CCC2C3=C[C@H](O)[C@H]4C[C@@H](O)CC[C@]4(C)C3CC[C@@]21C. The largest absolute Gasteiger partial charge is 0.393 e. The Labute approximate surface area is 185 Å². The Hall–Kier alpha value is -0.600. The number of hydrogen-bond acceptors (Lipinski definition) is 2. The average Bonchev–Trinajstić information content (AvgIpc) is 3.04. The third-order valence-corrected chi connectivity index (χ3v) is 10.6. The first kappa shape index (κ1) is 22.6. The quantitative estimate of drug-likeness (QED) is 0.524. The molecule has 3 saturated carbocycles. The maximum absolute atomic E-state index is 11.1. The second kappa shape index (κ2) is 8.07. The summed E-state index contributed by atoms with van der Waals surface area (Å²) in [7, 11) is 0. The average molecular weight is 415 g/mol. The molecule has 0 aromatic carbocycles. The van der Waals surface area contributed by atoms with E-state index in [1.807, 2.05) is 0 Å². The predicted molar refractivity (Wildman–Crippen MR) is 125 cm³/mol. The molecule has 170 valence electrons. The molecule has 2 nitrogen and oxygen atoms in total. The summed E-state index contributed by atoms with van der Waals surface area (Å²) in [5, 5.41) is 21.4. The molecule has 4 rings (SSSR count). The normalized spacial score (nSPS) is 48.1. The van der Waals surface area contributed by atoms with Crippen molar-refractivity contribution in [3.63, 3.8) is 0 Å². The fourth-order valence-corrected chi connectivity index (χ4v) is 8.17. The van der Waals surface area contributed by atoms with Gasteiger partial charge >= 0.3 is 0 Å². The Morgan fingerprint density at radius 2 is 1.57 bits per heavy atom. The van der Waals surface area contributed by atoms with Gasteiger partial charge in [0.1, 0.15) is 0 Å². The molecule has 2 unspecified atom stereocenters. The molecule has 2 heteroatoms. The molecule has 0 amide bonds. The van der Waals surface area contributed by atoms with E-state index in [1.54, 1.807) is 5.57 Å². The molecule has 0 saturated heterocycles. The monoisotopic (exact) mass is 414 g/mol. The van der Waals surface area contributed by atoms with Crippen LogP contribution in [0.15, 0.2) is 23.8 Å². The summed E-state index contributed by atoms with van der Waals surface area (Å²) in [5.74, 6) is 4.20. The predicted octanol–water partition coefficient (Wildman–Crippen LogP) is 6.38. The summed E-state index contributed by atoms with van der Waals surface area (Å²) >= 11 is 0. The molecule has 0 heterocycles. The van der Waals surface area contributed by atoms with E-state index in [0.29, 0.717) is 35.0 Å². The highest BCUT2D eigenvalue weighted by molar-refractivity contribution is 5.30. The number of allylic oxidation sites excluding steroid dienone is 3. The molecule has 0 radical (unpaired) electrons. The van der Waals surface area contributed by atoms with Crippen LogP contribution in [-0.4, -0.2) is 22.4 Å². The van der Waals surface area contributed by atoms with Gasteiger partial charge in [-0.1, -0.05) is 65.3 Å². The zero-order valence-corrected chi connectivity index (χ0v) is 20.3. The Morgan fingerprint density at radius 3 is 2.27 bits per heavy atom. The molecule has 4 aliphatic rings. The zero-order chi connectivity index (χ0) is 21.8. The lowest BCUT2D eigenvalue weighted by molar-refractivity contribution is -0.0829. The molecular weight excluding hydrogens is 368 g/mol. The van der Waals surface area contributed by atoms with Crippen molar-refractivity contribution in [2.45, 2.75) is 98.7 Å². The van der Waals surface area contributed by atoms with Crippen molar-refractivity contribution in [3.8, 4) is 0 Å². The van der Waals surface area contributed by atoms with Gasteiger partial charge in [-0.3, -0.25) is 0 Å². The van der Waals surface area contributed by atoms with Crippen molar-refractivity contribution in [2.75, 3.05) is 0 Å². The Bertz CT molecular complexity index is 693. The molecule has 0 spiro atoms. The maximum atomic E-state index is 11.1. The molecule has 0 aromatic rings. The van der Waals surface area contributed by atoms with Gasteiger partial charge < -0.3 is 10.2 Å². The second-order valence-corrected chi connectivity index (χ2v) is 12.4. The molecule has 30 heavy (non-hydrogen) atoms. The number of rotatable bonds is 4. The van der Waals surface area contributed by atoms with Crippen LogP contribution in [0.3, 0.4) is 0 Å². The van der Waals surface area contributed by atoms with Crippen LogP contribution in [0.25, 0.3) is 0 Å². The molecule has 4 aliphatic carbocycles. The molecule has 10 atom stereocenters. The van der Waals surface area contributed by atoms with Crippen molar-refractivity contribution in [3.05, 3.63) is 23.8 Å². The second-order valence-electron chi connectivity index (χ2n) is 12.4. The first-order chi connectivity index (χ1) is 14.1. The fourth-order valence-electron chi connectivity index (χ4n) is 8.17. The summed E-state index contributed by atoms with van der Waals surface area (Å²) in [5.41, 5.74) is 2.13. The number of fused-ring (bicyclic) bond motifs is 5. The summed E-state index contributed by atoms with van der Waals surface area (Å²) in [6.07, 6.45) is 14.6. The van der Waals surface area contributed by atoms with Gasteiger partial charge in [0.2, 0.25) is 0 Å². The molecular formula is C28H46O2. The third-order valence-electron chi connectivity index (χ3n) is 10.6. The van der Waals surface area contributed by atoms with Gasteiger partial charge in [0.25, 0.3) is 0 Å². The lowest BCUT2D eigenvalue weighted by atomic mass is 9.47. The van der Waals surface area contributed by atoms with Crippen LogP contribution in [0.5, 0.6) is 0 Å². The highest BCUT2D eigenvalue weighted by atomic mass is 16.3. The topological polar surface area (TPSA) is 40.5 Å². The minimum atomic E-state index is -0.373. The lowest BCUT2D eigenvalue weighted by Gasteiger charge is -2.58. The van der Waals surface area contributed by atoms with E-state index in [2.05, 4.69) is 59.8 Å². The van der Waals surface area contributed by atoms with E-state index >= 15 is 0 Å². The highest BCUT2D eigenvalue weighted by Gasteiger charge is 2.59. The summed E-state index contributed by atoms with van der Waals surface area (Å²) in [6.45, 7) is 14.4. The smallest absolute Gasteiger partial charge is 0.0758 e. The van der Waals surface area contributed by atoms with E-state index in [0.717, 1.165) is 25.2 Å². The summed E-state index contributed by atoms with van der Waals surface area (Å²) < 4.78 is 0. The van der Waals surface area contributed by atoms with Crippen LogP contribution in [0, 0.1) is 52.3 Å². The van der Waals surface area contributed by atoms with E-state index in [9.17, 15) is 10.2 Å². The third kappa shape index (κ3) is 3.54. The van der Waals surface area contributed by atoms with Crippen LogP contribution in [-0.2, 0) is 0 Å². The number of hydrogen-bond donors (Lipinski definition) is 2. The van der Waals surface area contributed by atoms with Crippen molar-refractivity contribution >= 4 is 0 Å². The zero-order valence-electron chi connectivity index (χ0n) is 20.3. The summed E-state index contributed by atoms with van der Waals surface area (Å²) in [4.78, 5) is 0. The van der Waals surface area contributed by atoms with Gasteiger partial charge in [-0.2, -0.15) is 0 Å². The van der Waals surface area contributed by atoms with Crippen LogP contribution in [0.4, 0.5) is 0 Å². The minimum absolute atomic E-state index is 0.167. The van der Waals surface area contributed by atoms with E-state index in [-0.39, 0.29) is 23.5 Å². The van der Waals surface area contributed by atoms with Gasteiger partial charge in [0.15, 0.2) is 0 Å². The van der Waals surface area contributed by atoms with Crippen LogP contribution < -0.4 is 0 Å². The van der Waals surface area contributed by atoms with Gasteiger partial charge in [-0.25, -0.2) is 0 Å². The molecule has 0 aromatic heterocycles. The van der Waals surface area contributed by atoms with Crippen LogP contribution >= 0.6 is 0 Å². The van der Waals surface area contributed by atoms with Crippen LogP contribution in [0.2, 0.25) is 0 Å². The maximum Gasteiger partial charge on any atom is 0.0758 e. The first-order valence-corrected chi connectivity index (χ1v) is 12.8. The van der Waals surface area contributed by atoms with Crippen LogP contribution in [0.1, 0.15) is 86.5 Å². The van der Waals surface area contributed by atoms with Crippen molar-refractivity contribution in [2.24, 2.45) is 52.3 Å². The molecule has 3 fully saturated rings. The van der Waals surface area contributed by atoms with E-state index < -0.39 is 0 Å². The number of aliphatic hydroxyl groups is 2. The standard InChI is InChI=1S/C28H46O2/c1-17(2)18(3)7-8-19(4)22-9-10-23-21-16-26(30)25-15-20(29)11-13-28(25,6)24(21)12-14-27(22,23)5/h7-8,16-20,22-26,29-30H,9-15H2,1-6H3/b8-7+/t18-,19+,20-,22+,23?,24?,25+,26-,27+,28+/m0/s1. The van der Waals surface area contributed by atoms with Crippen molar-refractivity contribution in [1.82, 2.24) is 0 Å². The first-order valence-electron chi connectivity index (χ1n) is 12.8. The lowest BCUT2D eigenvalue weighted by Crippen LogP contribution is -2.53. The molecule has 2 N–H and O–H groups in total. The fraction of sp³-hybridized carbons (Fsp3) is 0.857. The Morgan fingerprint density at radius 1 is 0.900 bits per heavy atom. The van der Waals surface area contributed by atoms with Gasteiger partial charge in [0.05, 0.1) is 12.2 Å². The van der Waals surface area contributed by atoms with Crippen molar-refractivity contribution < 1.29 is 10.2 Å². The summed E-state index contributed by atoms with van der Waals surface area (Å²) in [6, 6.07) is 0. The Balaban J connectivity index is 1.58. The highest BCUT2D eigenvalue weighted by Crippen LogP contribution is 2.66. The molecule has 0 bridgehead atoms. The van der Waals surface area contributed by atoms with Gasteiger partial charge in [-0.05, 0) is 97.2 Å². The van der Waals surface area contributed by atoms with E-state index in [1.165, 1.54) is 25.7 Å². The number of aliphatic hydroxyl groups excluding tert-OH is 2. The van der Waals surface area contributed by atoms with Gasteiger partial charge in [-0.15, -0.1) is 0 Å². The van der Waals surface area contributed by atoms with E-state index in [4.69, 9.17) is 0 Å².